The summed E-state index contributed by atoms with van der Waals surface area (Å²) in [5, 5.41) is 13.6. The van der Waals surface area contributed by atoms with Gasteiger partial charge in [-0.2, -0.15) is 5.26 Å². The van der Waals surface area contributed by atoms with E-state index in [1.807, 2.05) is 36.4 Å². The molecule has 0 saturated heterocycles. The minimum atomic E-state index is -0.336. The molecule has 1 aromatic carbocycles. The third-order valence-electron chi connectivity index (χ3n) is 2.45. The van der Waals surface area contributed by atoms with Gasteiger partial charge in [-0.15, -0.1) is 0 Å². The Hall–Kier alpha value is -2.61. The van der Waals surface area contributed by atoms with E-state index in [-0.39, 0.29) is 30.8 Å². The molecule has 0 heterocycles. The molecule has 0 aliphatic heterocycles. The number of nitrogens with zero attached hydrogens (tertiary/aromatic N) is 1. The standard InChI is InChI=1S/C15H17N3O2/c1-12(9-10-16)18-15(20)11-17-14(19)8-7-13-5-3-2-4-6-13/h2-8,12H,9,11H2,1H3,(H,17,19)(H,18,20)/b8-7-/t12-/m1/s1. The second kappa shape index (κ2) is 8.48. The van der Waals surface area contributed by atoms with Gasteiger partial charge in [0, 0.05) is 12.1 Å². The summed E-state index contributed by atoms with van der Waals surface area (Å²) in [6.07, 6.45) is 3.29. The average Bonchev–Trinajstić information content (AvgIpc) is 2.44. The largest absolute Gasteiger partial charge is 0.351 e. The maximum atomic E-state index is 11.5. The zero-order valence-electron chi connectivity index (χ0n) is 11.3. The van der Waals surface area contributed by atoms with Crippen molar-refractivity contribution >= 4 is 17.9 Å². The first kappa shape index (κ1) is 15.4. The maximum Gasteiger partial charge on any atom is 0.244 e. The third kappa shape index (κ3) is 6.36. The maximum absolute atomic E-state index is 11.5. The Labute approximate surface area is 118 Å². The molecule has 5 nitrogen and oxygen atoms in total. The minimum absolute atomic E-state index is 0.103. The number of benzene rings is 1. The van der Waals surface area contributed by atoms with Gasteiger partial charge < -0.3 is 10.6 Å². The fourth-order valence-electron chi connectivity index (χ4n) is 1.48. The highest BCUT2D eigenvalue weighted by Crippen LogP contribution is 2.00. The van der Waals surface area contributed by atoms with E-state index >= 15 is 0 Å². The van der Waals surface area contributed by atoms with Gasteiger partial charge in [-0.05, 0) is 18.6 Å². The smallest absolute Gasteiger partial charge is 0.244 e. The summed E-state index contributed by atoms with van der Waals surface area (Å²) in [4.78, 5) is 22.9. The second-order valence-corrected chi connectivity index (χ2v) is 4.29. The molecule has 2 amide bonds. The molecule has 0 aromatic heterocycles. The van der Waals surface area contributed by atoms with Gasteiger partial charge in [0.05, 0.1) is 19.0 Å². The Bertz CT molecular complexity index is 518. The fraction of sp³-hybridized carbons (Fsp3) is 0.267. The first-order valence-corrected chi connectivity index (χ1v) is 6.29. The van der Waals surface area contributed by atoms with Crippen LogP contribution in [-0.2, 0) is 9.59 Å². The quantitative estimate of drug-likeness (QED) is 0.764. The molecule has 0 spiro atoms. The van der Waals surface area contributed by atoms with Gasteiger partial charge in [-0.3, -0.25) is 9.59 Å². The van der Waals surface area contributed by atoms with Crippen LogP contribution < -0.4 is 10.6 Å². The van der Waals surface area contributed by atoms with Crippen LogP contribution in [0.1, 0.15) is 18.9 Å². The van der Waals surface area contributed by atoms with Crippen molar-refractivity contribution in [1.82, 2.24) is 10.6 Å². The van der Waals surface area contributed by atoms with Crippen LogP contribution in [0.4, 0.5) is 0 Å². The van der Waals surface area contributed by atoms with Crippen molar-refractivity contribution in [3.8, 4) is 6.07 Å². The van der Waals surface area contributed by atoms with Gasteiger partial charge in [-0.25, -0.2) is 0 Å². The van der Waals surface area contributed by atoms with Gasteiger partial charge in [0.15, 0.2) is 0 Å². The zero-order valence-corrected chi connectivity index (χ0v) is 11.3. The molecule has 0 bridgehead atoms. The molecule has 0 radical (unpaired) electrons. The molecule has 5 heteroatoms. The lowest BCUT2D eigenvalue weighted by Crippen LogP contribution is -2.40. The summed E-state index contributed by atoms with van der Waals surface area (Å²) in [7, 11) is 0. The molecule has 0 fully saturated rings. The highest BCUT2D eigenvalue weighted by atomic mass is 16.2. The molecular formula is C15H17N3O2. The highest BCUT2D eigenvalue weighted by Gasteiger charge is 2.07. The number of nitrogens with one attached hydrogen (secondary N) is 2. The molecule has 2 N–H and O–H groups in total. The highest BCUT2D eigenvalue weighted by molar-refractivity contribution is 5.94. The number of rotatable bonds is 6. The van der Waals surface area contributed by atoms with Crippen LogP contribution in [0.15, 0.2) is 36.4 Å². The average molecular weight is 271 g/mol. The lowest BCUT2D eigenvalue weighted by molar-refractivity contribution is -0.124. The molecular weight excluding hydrogens is 254 g/mol. The first-order valence-electron chi connectivity index (χ1n) is 6.29. The van der Waals surface area contributed by atoms with Crippen LogP contribution >= 0.6 is 0 Å². The number of nitriles is 1. The zero-order chi connectivity index (χ0) is 14.8. The van der Waals surface area contributed by atoms with Crippen molar-refractivity contribution in [2.75, 3.05) is 6.54 Å². The summed E-state index contributed by atoms with van der Waals surface area (Å²) < 4.78 is 0. The lowest BCUT2D eigenvalue weighted by atomic mass is 10.2. The monoisotopic (exact) mass is 271 g/mol. The van der Waals surface area contributed by atoms with Crippen LogP contribution in [0, 0.1) is 11.3 Å². The predicted molar refractivity (Wildman–Crippen MR) is 76.3 cm³/mol. The Kier molecular flexibility index (Phi) is 6.55. The van der Waals surface area contributed by atoms with Crippen molar-refractivity contribution in [2.24, 2.45) is 0 Å². The van der Waals surface area contributed by atoms with E-state index < -0.39 is 0 Å². The topological polar surface area (TPSA) is 82.0 Å². The van der Waals surface area contributed by atoms with Crippen LogP contribution in [0.25, 0.3) is 6.08 Å². The molecule has 0 aliphatic carbocycles. The van der Waals surface area contributed by atoms with Crippen LogP contribution in [-0.4, -0.2) is 24.4 Å². The molecule has 1 aromatic rings. The Balaban J connectivity index is 2.31. The summed E-state index contributed by atoms with van der Waals surface area (Å²) in [6, 6.07) is 11.1. The Morgan fingerprint density at radius 3 is 2.70 bits per heavy atom. The molecule has 20 heavy (non-hydrogen) atoms. The number of amides is 2. The number of hydrogen-bond acceptors (Lipinski definition) is 3. The van der Waals surface area contributed by atoms with Crippen molar-refractivity contribution < 1.29 is 9.59 Å². The Morgan fingerprint density at radius 2 is 2.05 bits per heavy atom. The predicted octanol–water partition coefficient (Wildman–Crippen LogP) is 1.23. The van der Waals surface area contributed by atoms with Crippen molar-refractivity contribution in [3.05, 3.63) is 42.0 Å². The SMILES string of the molecule is C[C@H](CC#N)NC(=O)CNC(=O)/C=C\c1ccccc1. The number of hydrogen-bond donors (Lipinski definition) is 2. The van der Waals surface area contributed by atoms with Gasteiger partial charge in [-0.1, -0.05) is 30.3 Å². The lowest BCUT2D eigenvalue weighted by Gasteiger charge is -2.10. The van der Waals surface area contributed by atoms with E-state index in [4.69, 9.17) is 5.26 Å². The summed E-state index contributed by atoms with van der Waals surface area (Å²) in [5.74, 6) is -0.647. The Morgan fingerprint density at radius 1 is 1.35 bits per heavy atom. The van der Waals surface area contributed by atoms with E-state index in [0.29, 0.717) is 0 Å². The van der Waals surface area contributed by atoms with Gasteiger partial charge >= 0.3 is 0 Å². The van der Waals surface area contributed by atoms with E-state index in [1.54, 1.807) is 13.0 Å². The van der Waals surface area contributed by atoms with Crippen molar-refractivity contribution in [2.45, 2.75) is 19.4 Å². The summed E-state index contributed by atoms with van der Waals surface area (Å²) in [6.45, 7) is 1.63. The van der Waals surface area contributed by atoms with Crippen molar-refractivity contribution in [3.63, 3.8) is 0 Å². The number of carbonyl (C=O) groups excluding carboxylic acids is 2. The molecule has 1 rings (SSSR count). The fourth-order valence-corrected chi connectivity index (χ4v) is 1.48. The van der Waals surface area contributed by atoms with Gasteiger partial charge in [0.25, 0.3) is 0 Å². The molecule has 0 saturated carbocycles. The van der Waals surface area contributed by atoms with E-state index in [0.717, 1.165) is 5.56 Å². The van der Waals surface area contributed by atoms with Crippen LogP contribution in [0.2, 0.25) is 0 Å². The molecule has 104 valence electrons. The van der Waals surface area contributed by atoms with Gasteiger partial charge in [0.2, 0.25) is 11.8 Å². The first-order chi connectivity index (χ1) is 9.61. The van der Waals surface area contributed by atoms with Gasteiger partial charge in [0.1, 0.15) is 0 Å². The van der Waals surface area contributed by atoms with Crippen molar-refractivity contribution in [1.29, 1.82) is 5.26 Å². The number of carbonyl (C=O) groups is 2. The van der Waals surface area contributed by atoms with E-state index in [2.05, 4.69) is 10.6 Å². The summed E-state index contributed by atoms with van der Waals surface area (Å²) in [5.41, 5.74) is 0.912. The van der Waals surface area contributed by atoms with Crippen LogP contribution in [0.5, 0.6) is 0 Å². The molecule has 0 aliphatic rings. The van der Waals surface area contributed by atoms with E-state index in [1.165, 1.54) is 6.08 Å². The van der Waals surface area contributed by atoms with Crippen LogP contribution in [0.3, 0.4) is 0 Å². The molecule has 0 unspecified atom stereocenters. The molecule has 1 atom stereocenters. The minimum Gasteiger partial charge on any atom is -0.351 e. The van der Waals surface area contributed by atoms with E-state index in [9.17, 15) is 9.59 Å². The summed E-state index contributed by atoms with van der Waals surface area (Å²) >= 11 is 0. The normalized spacial score (nSPS) is 11.6. The third-order valence-corrected chi connectivity index (χ3v) is 2.45. The second-order valence-electron chi connectivity index (χ2n) is 4.29.